The average molecular weight is 300 g/mol. The number of benzene rings is 3. The maximum atomic E-state index is 12.5. The van der Waals surface area contributed by atoms with Crippen LogP contribution in [0.3, 0.4) is 0 Å². The van der Waals surface area contributed by atoms with Crippen molar-refractivity contribution in [2.24, 2.45) is 0 Å². The molecule has 1 aliphatic heterocycles. The molecule has 1 heterocycles. The molecule has 2 heteroatoms. The predicted octanol–water partition coefficient (Wildman–Crippen LogP) is 4.46. The Kier molecular flexibility index (Phi) is 3.05. The van der Waals surface area contributed by atoms with E-state index in [1.54, 1.807) is 0 Å². The van der Waals surface area contributed by atoms with Crippen LogP contribution in [0.5, 0.6) is 0 Å². The molecule has 3 aromatic rings. The maximum Gasteiger partial charge on any atom is 0.340 e. The topological polar surface area (TPSA) is 26.3 Å². The third-order valence-electron chi connectivity index (χ3n) is 4.38. The molecule has 0 bridgehead atoms. The van der Waals surface area contributed by atoms with Gasteiger partial charge in [0, 0.05) is 16.7 Å². The van der Waals surface area contributed by atoms with Gasteiger partial charge in [0.05, 0.1) is 5.56 Å². The third-order valence-corrected chi connectivity index (χ3v) is 4.38. The summed E-state index contributed by atoms with van der Waals surface area (Å²) in [5.74, 6) is -0.271. The molecule has 0 aliphatic carbocycles. The number of carbonyl (C=O) groups is 1. The van der Waals surface area contributed by atoms with E-state index in [4.69, 9.17) is 4.74 Å². The zero-order valence-corrected chi connectivity index (χ0v) is 12.8. The third kappa shape index (κ3) is 1.99. The highest BCUT2D eigenvalue weighted by Gasteiger charge is 2.48. The van der Waals surface area contributed by atoms with Gasteiger partial charge in [0.2, 0.25) is 0 Å². The van der Waals surface area contributed by atoms with Crippen molar-refractivity contribution < 1.29 is 9.53 Å². The lowest BCUT2D eigenvalue weighted by molar-refractivity contribution is 0.0251. The van der Waals surface area contributed by atoms with Crippen LogP contribution >= 0.6 is 0 Å². The van der Waals surface area contributed by atoms with Crippen LogP contribution in [-0.4, -0.2) is 5.97 Å². The average Bonchev–Trinajstić information content (AvgIpc) is 2.90. The van der Waals surface area contributed by atoms with E-state index in [1.165, 1.54) is 0 Å². The van der Waals surface area contributed by atoms with Gasteiger partial charge in [-0.2, -0.15) is 0 Å². The van der Waals surface area contributed by atoms with E-state index in [2.05, 4.69) is 6.07 Å². The standard InChI is InChI=1S/C21H16O2/c1-15-12-13-18-19(14-15)21(23-20(18)22,16-8-4-2-5-9-16)17-10-6-3-7-11-17/h2-14H,1H3. The molecular formula is C21H16O2. The van der Waals surface area contributed by atoms with Crippen molar-refractivity contribution in [1.82, 2.24) is 0 Å². The minimum absolute atomic E-state index is 0.271. The Bertz CT molecular complexity index is 827. The molecule has 0 spiro atoms. The lowest BCUT2D eigenvalue weighted by atomic mass is 9.79. The fraction of sp³-hybridized carbons (Fsp3) is 0.0952. The van der Waals surface area contributed by atoms with Gasteiger partial charge < -0.3 is 4.74 Å². The number of fused-ring (bicyclic) bond motifs is 1. The molecule has 0 amide bonds. The van der Waals surface area contributed by atoms with Gasteiger partial charge in [-0.3, -0.25) is 0 Å². The second kappa shape index (κ2) is 5.10. The smallest absolute Gasteiger partial charge is 0.340 e. The summed E-state index contributed by atoms with van der Waals surface area (Å²) in [4.78, 5) is 12.5. The predicted molar refractivity (Wildman–Crippen MR) is 89.4 cm³/mol. The van der Waals surface area contributed by atoms with Crippen LogP contribution in [0.4, 0.5) is 0 Å². The number of cyclic esters (lactones) is 1. The van der Waals surface area contributed by atoms with Gasteiger partial charge in [-0.05, 0) is 13.0 Å². The van der Waals surface area contributed by atoms with E-state index >= 15 is 0 Å². The van der Waals surface area contributed by atoms with E-state index in [0.717, 1.165) is 22.3 Å². The molecule has 112 valence electrons. The summed E-state index contributed by atoms with van der Waals surface area (Å²) in [6, 6.07) is 25.7. The fourth-order valence-electron chi connectivity index (χ4n) is 3.32. The minimum Gasteiger partial charge on any atom is -0.441 e. The highest BCUT2D eigenvalue weighted by molar-refractivity contribution is 5.96. The Hall–Kier alpha value is -2.87. The van der Waals surface area contributed by atoms with Crippen LogP contribution in [0.25, 0.3) is 0 Å². The Balaban J connectivity index is 2.08. The molecule has 3 aromatic carbocycles. The molecule has 0 aromatic heterocycles. The second-order valence-corrected chi connectivity index (χ2v) is 5.85. The van der Waals surface area contributed by atoms with Crippen molar-refractivity contribution in [2.75, 3.05) is 0 Å². The normalized spacial score (nSPS) is 15.1. The van der Waals surface area contributed by atoms with Crippen LogP contribution in [0.2, 0.25) is 0 Å². The first-order valence-corrected chi connectivity index (χ1v) is 7.67. The molecule has 0 fully saturated rings. The number of aryl methyl sites for hydroxylation is 1. The van der Waals surface area contributed by atoms with Gasteiger partial charge in [0.25, 0.3) is 0 Å². The molecule has 0 saturated heterocycles. The van der Waals surface area contributed by atoms with E-state index < -0.39 is 5.60 Å². The van der Waals surface area contributed by atoms with Gasteiger partial charge in [0.15, 0.2) is 5.60 Å². The van der Waals surface area contributed by atoms with Crippen molar-refractivity contribution in [3.8, 4) is 0 Å². The van der Waals surface area contributed by atoms with Crippen LogP contribution in [-0.2, 0) is 10.3 Å². The quantitative estimate of drug-likeness (QED) is 0.653. The first kappa shape index (κ1) is 13.8. The fourth-order valence-corrected chi connectivity index (χ4v) is 3.32. The van der Waals surface area contributed by atoms with Gasteiger partial charge in [-0.15, -0.1) is 0 Å². The van der Waals surface area contributed by atoms with E-state index in [0.29, 0.717) is 5.56 Å². The van der Waals surface area contributed by atoms with Crippen molar-refractivity contribution >= 4 is 5.97 Å². The summed E-state index contributed by atoms with van der Waals surface area (Å²) in [6.07, 6.45) is 0. The number of ether oxygens (including phenoxy) is 1. The molecule has 0 atom stereocenters. The molecule has 0 saturated carbocycles. The van der Waals surface area contributed by atoms with E-state index in [9.17, 15) is 4.79 Å². The zero-order chi connectivity index (χ0) is 15.9. The first-order valence-electron chi connectivity index (χ1n) is 7.67. The number of esters is 1. The van der Waals surface area contributed by atoms with Crippen LogP contribution in [0.15, 0.2) is 78.9 Å². The lowest BCUT2D eigenvalue weighted by Gasteiger charge is -2.30. The molecule has 0 N–H and O–H groups in total. The van der Waals surface area contributed by atoms with Crippen LogP contribution in [0.1, 0.15) is 32.6 Å². The number of hydrogen-bond acceptors (Lipinski definition) is 2. The van der Waals surface area contributed by atoms with Gasteiger partial charge >= 0.3 is 5.97 Å². The van der Waals surface area contributed by atoms with E-state index in [-0.39, 0.29) is 5.97 Å². The van der Waals surface area contributed by atoms with Crippen molar-refractivity contribution in [3.05, 3.63) is 107 Å². The molecule has 0 radical (unpaired) electrons. The Labute approximate surface area is 135 Å². The van der Waals surface area contributed by atoms with Crippen molar-refractivity contribution in [2.45, 2.75) is 12.5 Å². The summed E-state index contributed by atoms with van der Waals surface area (Å²) < 4.78 is 6.01. The molecule has 2 nitrogen and oxygen atoms in total. The zero-order valence-electron chi connectivity index (χ0n) is 12.8. The maximum absolute atomic E-state index is 12.5. The highest BCUT2D eigenvalue weighted by Crippen LogP contribution is 2.46. The number of carbonyl (C=O) groups excluding carboxylic acids is 1. The van der Waals surface area contributed by atoms with Gasteiger partial charge in [0.1, 0.15) is 0 Å². The second-order valence-electron chi connectivity index (χ2n) is 5.85. The van der Waals surface area contributed by atoms with Gasteiger partial charge in [-0.1, -0.05) is 78.4 Å². The van der Waals surface area contributed by atoms with Gasteiger partial charge in [-0.25, -0.2) is 4.79 Å². The minimum atomic E-state index is -0.874. The molecule has 1 aliphatic rings. The molecule has 0 unspecified atom stereocenters. The molecular weight excluding hydrogens is 284 g/mol. The van der Waals surface area contributed by atoms with Crippen LogP contribution < -0.4 is 0 Å². The summed E-state index contributed by atoms with van der Waals surface area (Å²) in [5, 5.41) is 0. The Morgan fingerprint density at radius 1 is 0.783 bits per heavy atom. The lowest BCUT2D eigenvalue weighted by Crippen LogP contribution is -2.29. The van der Waals surface area contributed by atoms with E-state index in [1.807, 2.05) is 79.7 Å². The Morgan fingerprint density at radius 2 is 1.35 bits per heavy atom. The number of rotatable bonds is 2. The first-order chi connectivity index (χ1) is 11.2. The molecule has 23 heavy (non-hydrogen) atoms. The molecule has 4 rings (SSSR count). The largest absolute Gasteiger partial charge is 0.441 e. The Morgan fingerprint density at radius 3 is 1.91 bits per heavy atom. The summed E-state index contributed by atoms with van der Waals surface area (Å²) in [5.41, 5.74) is 3.72. The SMILES string of the molecule is Cc1ccc2c(c1)C(c1ccccc1)(c1ccccc1)OC2=O. The van der Waals surface area contributed by atoms with Crippen molar-refractivity contribution in [1.29, 1.82) is 0 Å². The monoisotopic (exact) mass is 300 g/mol. The van der Waals surface area contributed by atoms with Crippen molar-refractivity contribution in [3.63, 3.8) is 0 Å². The van der Waals surface area contributed by atoms with Crippen LogP contribution in [0, 0.1) is 6.92 Å². The number of hydrogen-bond donors (Lipinski definition) is 0. The summed E-state index contributed by atoms with van der Waals surface area (Å²) in [7, 11) is 0. The summed E-state index contributed by atoms with van der Waals surface area (Å²) >= 11 is 0. The highest BCUT2D eigenvalue weighted by atomic mass is 16.6. The summed E-state index contributed by atoms with van der Waals surface area (Å²) in [6.45, 7) is 2.03.